The number of nitrogens with zero attached hydrogens (tertiary/aromatic N) is 2. The number of carbonyl (C=O) groups is 2. The smallest absolute Gasteiger partial charge is 0.325 e. The summed E-state index contributed by atoms with van der Waals surface area (Å²) in [6.07, 6.45) is -1.07. The number of ether oxygens (including phenoxy) is 1. The number of β-amino-alcohol motifs (C(OH)–C–C–N with tert-alkyl or cyclic N) is 1. The highest BCUT2D eigenvalue weighted by Crippen LogP contribution is 2.28. The number of aliphatic hydroxyl groups excluding tert-OH is 1. The lowest BCUT2D eigenvalue weighted by Gasteiger charge is -2.24. The van der Waals surface area contributed by atoms with Crippen molar-refractivity contribution in [3.63, 3.8) is 0 Å². The van der Waals surface area contributed by atoms with Gasteiger partial charge in [0.1, 0.15) is 6.04 Å². The van der Waals surface area contributed by atoms with Gasteiger partial charge in [-0.05, 0) is 51.0 Å². The molecule has 1 aromatic rings. The minimum absolute atomic E-state index is 0.0483. The summed E-state index contributed by atoms with van der Waals surface area (Å²) in [7, 11) is -4.01. The predicted molar refractivity (Wildman–Crippen MR) is 112 cm³/mol. The lowest BCUT2D eigenvalue weighted by atomic mass is 10.1. The molecule has 1 heterocycles. The van der Waals surface area contributed by atoms with Crippen LogP contribution >= 0.6 is 0 Å². The number of hydrogen-bond donors (Lipinski definition) is 1. The van der Waals surface area contributed by atoms with Crippen LogP contribution in [0.3, 0.4) is 0 Å². The first kappa shape index (κ1) is 24.0. The fourth-order valence-corrected chi connectivity index (χ4v) is 5.01. The number of hydrogen-bond acceptors (Lipinski definition) is 6. The number of amides is 1. The van der Waals surface area contributed by atoms with Crippen molar-refractivity contribution in [3.8, 4) is 0 Å². The first-order chi connectivity index (χ1) is 14.0. The number of aryl methyl sites for hydroxylation is 2. The summed E-state index contributed by atoms with van der Waals surface area (Å²) >= 11 is 0. The summed E-state index contributed by atoms with van der Waals surface area (Å²) in [4.78, 5) is 26.4. The van der Waals surface area contributed by atoms with Crippen molar-refractivity contribution >= 4 is 21.9 Å². The van der Waals surface area contributed by atoms with Crippen LogP contribution in [0.15, 0.2) is 35.2 Å². The van der Waals surface area contributed by atoms with E-state index in [0.717, 1.165) is 21.0 Å². The summed E-state index contributed by atoms with van der Waals surface area (Å²) in [6, 6.07) is 3.53. The lowest BCUT2D eigenvalue weighted by Crippen LogP contribution is -2.43. The predicted octanol–water partition coefficient (Wildman–Crippen LogP) is 1.40. The van der Waals surface area contributed by atoms with Crippen molar-refractivity contribution in [3.05, 3.63) is 41.5 Å². The third-order valence-electron chi connectivity index (χ3n) is 5.12. The minimum Gasteiger partial charge on any atom is -0.454 e. The first-order valence-corrected chi connectivity index (χ1v) is 11.3. The van der Waals surface area contributed by atoms with Gasteiger partial charge in [0, 0.05) is 26.1 Å². The Labute approximate surface area is 178 Å². The molecule has 30 heavy (non-hydrogen) atoms. The average Bonchev–Trinajstić information content (AvgIpc) is 3.08. The molecule has 0 aromatic heterocycles. The number of sulfonamides is 1. The van der Waals surface area contributed by atoms with E-state index in [1.807, 2.05) is 6.92 Å². The Morgan fingerprint density at radius 2 is 1.97 bits per heavy atom. The zero-order valence-corrected chi connectivity index (χ0v) is 18.7. The van der Waals surface area contributed by atoms with Gasteiger partial charge in [0.05, 0.1) is 11.0 Å². The van der Waals surface area contributed by atoms with Crippen LogP contribution in [0.4, 0.5) is 0 Å². The summed E-state index contributed by atoms with van der Waals surface area (Å²) < 4.78 is 32.3. The molecule has 8 nitrogen and oxygen atoms in total. The zero-order chi connectivity index (χ0) is 22.6. The van der Waals surface area contributed by atoms with E-state index in [0.29, 0.717) is 13.1 Å². The van der Waals surface area contributed by atoms with Gasteiger partial charge >= 0.3 is 5.97 Å². The second-order valence-electron chi connectivity index (χ2n) is 7.70. The highest BCUT2D eigenvalue weighted by atomic mass is 32.2. The molecular weight excluding hydrogens is 408 g/mol. The normalized spacial score (nSPS) is 19.5. The van der Waals surface area contributed by atoms with Crippen molar-refractivity contribution < 1.29 is 27.9 Å². The Hall–Kier alpha value is -2.23. The number of rotatable bonds is 8. The van der Waals surface area contributed by atoms with Crippen LogP contribution in [-0.2, 0) is 24.3 Å². The van der Waals surface area contributed by atoms with Crippen LogP contribution in [0.1, 0.15) is 31.4 Å². The van der Waals surface area contributed by atoms with E-state index in [-0.39, 0.29) is 17.9 Å². The Bertz CT molecular complexity index is 927. The highest BCUT2D eigenvalue weighted by molar-refractivity contribution is 7.89. The quantitative estimate of drug-likeness (QED) is 0.486. The van der Waals surface area contributed by atoms with E-state index in [1.54, 1.807) is 26.8 Å². The van der Waals surface area contributed by atoms with Crippen molar-refractivity contribution in [1.29, 1.82) is 0 Å². The molecule has 9 heteroatoms. The minimum atomic E-state index is -4.01. The van der Waals surface area contributed by atoms with Gasteiger partial charge in [-0.15, -0.1) is 0 Å². The second-order valence-corrected chi connectivity index (χ2v) is 9.59. The van der Waals surface area contributed by atoms with Gasteiger partial charge in [-0.1, -0.05) is 18.2 Å². The van der Waals surface area contributed by atoms with Gasteiger partial charge in [-0.25, -0.2) is 8.42 Å². The largest absolute Gasteiger partial charge is 0.454 e. The molecule has 1 amide bonds. The molecule has 0 unspecified atom stereocenters. The van der Waals surface area contributed by atoms with E-state index in [4.69, 9.17) is 4.74 Å². The molecule has 1 aromatic carbocycles. The third kappa shape index (κ3) is 5.47. The lowest BCUT2D eigenvalue weighted by molar-refractivity contribution is -0.154. The number of benzene rings is 1. The standard InChI is InChI=1S/C21H30N2O6S/c1-6-22(11-14(2)3)20(25)13-29-21(26)19-10-17(24)12-23(19)30(27,28)18-8-7-15(4)16(5)9-18/h7-9,17,19,24H,2,6,10-13H2,1,3-5H3/t17-,19+/m1/s1. The van der Waals surface area contributed by atoms with Crippen LogP contribution in [0, 0.1) is 13.8 Å². The molecule has 1 aliphatic rings. The fraction of sp³-hybridized carbons (Fsp3) is 0.524. The van der Waals surface area contributed by atoms with Crippen LogP contribution in [0.5, 0.6) is 0 Å². The molecule has 1 fully saturated rings. The van der Waals surface area contributed by atoms with Gasteiger partial charge < -0.3 is 14.7 Å². The summed E-state index contributed by atoms with van der Waals surface area (Å²) in [5.41, 5.74) is 2.54. The number of aliphatic hydroxyl groups is 1. The van der Waals surface area contributed by atoms with Gasteiger partial charge in [-0.3, -0.25) is 9.59 Å². The van der Waals surface area contributed by atoms with Crippen molar-refractivity contribution in [2.24, 2.45) is 0 Å². The first-order valence-electron chi connectivity index (χ1n) is 9.83. The highest BCUT2D eigenvalue weighted by Gasteiger charge is 2.44. The SMILES string of the molecule is C=C(C)CN(CC)C(=O)COC(=O)[C@@H]1C[C@@H](O)CN1S(=O)(=O)c1ccc(C)c(C)c1. The fourth-order valence-electron chi connectivity index (χ4n) is 3.30. The topological polar surface area (TPSA) is 104 Å². The van der Waals surface area contributed by atoms with Crippen LogP contribution in [-0.4, -0.2) is 73.0 Å². The zero-order valence-electron chi connectivity index (χ0n) is 17.9. The van der Waals surface area contributed by atoms with E-state index in [9.17, 15) is 23.1 Å². The molecule has 166 valence electrons. The van der Waals surface area contributed by atoms with Gasteiger partial charge in [0.15, 0.2) is 6.61 Å². The Morgan fingerprint density at radius 3 is 2.53 bits per heavy atom. The maximum absolute atomic E-state index is 13.1. The molecule has 0 saturated carbocycles. The Morgan fingerprint density at radius 1 is 1.30 bits per heavy atom. The van der Waals surface area contributed by atoms with Crippen molar-refractivity contribution in [2.45, 2.75) is 51.2 Å². The molecule has 2 atom stereocenters. The molecule has 2 rings (SSSR count). The van der Waals surface area contributed by atoms with Crippen LogP contribution in [0.2, 0.25) is 0 Å². The van der Waals surface area contributed by atoms with E-state index in [1.165, 1.54) is 17.0 Å². The van der Waals surface area contributed by atoms with Gasteiger partial charge in [0.2, 0.25) is 10.0 Å². The average molecular weight is 439 g/mol. The maximum Gasteiger partial charge on any atom is 0.325 e. The van der Waals surface area contributed by atoms with Crippen LogP contribution < -0.4 is 0 Å². The Kier molecular flexibility index (Phi) is 7.79. The summed E-state index contributed by atoms with van der Waals surface area (Å²) in [6.45, 7) is 11.1. The molecule has 0 aliphatic carbocycles. The van der Waals surface area contributed by atoms with E-state index < -0.39 is 40.7 Å². The maximum atomic E-state index is 13.1. The summed E-state index contributed by atoms with van der Waals surface area (Å²) in [5.74, 6) is -1.24. The monoisotopic (exact) mass is 438 g/mol. The van der Waals surface area contributed by atoms with Crippen molar-refractivity contribution in [1.82, 2.24) is 9.21 Å². The molecular formula is C21H30N2O6S. The van der Waals surface area contributed by atoms with Gasteiger partial charge in [0.25, 0.3) is 5.91 Å². The second kappa shape index (κ2) is 9.72. The molecule has 1 saturated heterocycles. The number of likely N-dealkylation sites (N-methyl/N-ethyl adjacent to an activating group) is 1. The van der Waals surface area contributed by atoms with Gasteiger partial charge in [-0.2, -0.15) is 4.31 Å². The van der Waals surface area contributed by atoms with E-state index >= 15 is 0 Å². The van der Waals surface area contributed by atoms with Crippen molar-refractivity contribution in [2.75, 3.05) is 26.2 Å². The van der Waals surface area contributed by atoms with Crippen LogP contribution in [0.25, 0.3) is 0 Å². The molecule has 1 aliphatic heterocycles. The third-order valence-corrected chi connectivity index (χ3v) is 6.99. The Balaban J connectivity index is 2.15. The van der Waals surface area contributed by atoms with E-state index in [2.05, 4.69) is 6.58 Å². The molecule has 0 bridgehead atoms. The molecule has 0 radical (unpaired) electrons. The molecule has 0 spiro atoms. The summed E-state index contributed by atoms with van der Waals surface area (Å²) in [5, 5.41) is 10.0. The number of esters is 1. The number of carbonyl (C=O) groups excluding carboxylic acids is 2. The molecule has 1 N–H and O–H groups in total.